The zero-order valence-corrected chi connectivity index (χ0v) is 15.4. The van der Waals surface area contributed by atoms with Crippen molar-refractivity contribution in [2.24, 2.45) is 5.41 Å². The molecule has 1 saturated carbocycles. The van der Waals surface area contributed by atoms with Crippen molar-refractivity contribution in [1.29, 1.82) is 0 Å². The van der Waals surface area contributed by atoms with Gasteiger partial charge in [0.2, 0.25) is 0 Å². The highest BCUT2D eigenvalue weighted by molar-refractivity contribution is 5.28. The molecule has 1 aromatic carbocycles. The second-order valence-electron chi connectivity index (χ2n) is 9.03. The van der Waals surface area contributed by atoms with Gasteiger partial charge >= 0.3 is 0 Å². The lowest BCUT2D eigenvalue weighted by Crippen LogP contribution is -2.54. The molecular weight excluding hydrogens is 270 g/mol. The maximum Gasteiger partial charge on any atom is 0.119 e. The molecule has 0 spiro atoms. The standard InChI is InChI=1S/C20H33NO/c1-19(2,3)14-15-8-10-17(11-9-15)22-18-12-16(13-18)21(7)20(4,5)6/h8-11,16,18H,12-14H2,1-7H3. The van der Waals surface area contributed by atoms with Crippen molar-refractivity contribution in [2.45, 2.75) is 78.5 Å². The number of benzene rings is 1. The first-order chi connectivity index (χ1) is 10.0. The van der Waals surface area contributed by atoms with Crippen LogP contribution in [0.25, 0.3) is 0 Å². The Hall–Kier alpha value is -1.02. The second kappa shape index (κ2) is 6.23. The molecule has 22 heavy (non-hydrogen) atoms. The average Bonchev–Trinajstić information content (AvgIpc) is 2.31. The summed E-state index contributed by atoms with van der Waals surface area (Å²) in [7, 11) is 2.22. The van der Waals surface area contributed by atoms with Crippen LogP contribution >= 0.6 is 0 Å². The van der Waals surface area contributed by atoms with E-state index in [0.29, 0.717) is 17.6 Å². The molecule has 0 amide bonds. The number of ether oxygens (including phenoxy) is 1. The fraction of sp³-hybridized carbons (Fsp3) is 0.700. The number of nitrogens with zero attached hydrogens (tertiary/aromatic N) is 1. The van der Waals surface area contributed by atoms with Gasteiger partial charge in [0, 0.05) is 24.4 Å². The molecule has 0 radical (unpaired) electrons. The van der Waals surface area contributed by atoms with Crippen LogP contribution < -0.4 is 4.74 Å². The van der Waals surface area contributed by atoms with Crippen molar-refractivity contribution in [3.05, 3.63) is 29.8 Å². The normalized spacial score (nSPS) is 22.5. The zero-order chi connectivity index (χ0) is 16.5. The summed E-state index contributed by atoms with van der Waals surface area (Å²) in [6, 6.07) is 9.32. The third-order valence-electron chi connectivity index (χ3n) is 4.64. The molecule has 1 aromatic rings. The fourth-order valence-electron chi connectivity index (χ4n) is 2.99. The van der Waals surface area contributed by atoms with Gasteiger partial charge in [0.25, 0.3) is 0 Å². The molecule has 2 nitrogen and oxygen atoms in total. The summed E-state index contributed by atoms with van der Waals surface area (Å²) in [5, 5.41) is 0. The Labute approximate surface area is 136 Å². The van der Waals surface area contributed by atoms with E-state index in [9.17, 15) is 0 Å². The maximum absolute atomic E-state index is 6.10. The Morgan fingerprint density at radius 3 is 2.00 bits per heavy atom. The van der Waals surface area contributed by atoms with Gasteiger partial charge in [-0.2, -0.15) is 0 Å². The molecule has 0 heterocycles. The molecule has 0 N–H and O–H groups in total. The lowest BCUT2D eigenvalue weighted by molar-refractivity contribution is -0.00882. The van der Waals surface area contributed by atoms with Gasteiger partial charge in [0.05, 0.1) is 0 Å². The maximum atomic E-state index is 6.10. The van der Waals surface area contributed by atoms with Crippen LogP contribution in [-0.4, -0.2) is 29.6 Å². The highest BCUT2D eigenvalue weighted by Gasteiger charge is 2.37. The van der Waals surface area contributed by atoms with Gasteiger partial charge in [-0.3, -0.25) is 4.90 Å². The first-order valence-electron chi connectivity index (χ1n) is 8.53. The molecule has 0 aromatic heterocycles. The highest BCUT2D eigenvalue weighted by atomic mass is 16.5. The van der Waals surface area contributed by atoms with Crippen molar-refractivity contribution in [3.8, 4) is 5.75 Å². The van der Waals surface area contributed by atoms with Crippen molar-refractivity contribution >= 4 is 0 Å². The van der Waals surface area contributed by atoms with Gasteiger partial charge < -0.3 is 4.74 Å². The Balaban J connectivity index is 1.82. The van der Waals surface area contributed by atoms with Crippen LogP contribution in [0.2, 0.25) is 0 Å². The largest absolute Gasteiger partial charge is 0.490 e. The van der Waals surface area contributed by atoms with Gasteiger partial charge in [-0.25, -0.2) is 0 Å². The SMILES string of the molecule is CN(C1CC(Oc2ccc(CC(C)(C)C)cc2)C1)C(C)(C)C. The predicted octanol–water partition coefficient (Wildman–Crippen LogP) is 4.92. The van der Waals surface area contributed by atoms with Gasteiger partial charge in [0.15, 0.2) is 0 Å². The van der Waals surface area contributed by atoms with Crippen LogP contribution in [-0.2, 0) is 6.42 Å². The molecule has 1 aliphatic carbocycles. The zero-order valence-electron chi connectivity index (χ0n) is 15.4. The minimum atomic E-state index is 0.240. The smallest absolute Gasteiger partial charge is 0.119 e. The van der Waals surface area contributed by atoms with Crippen LogP contribution in [0.1, 0.15) is 59.9 Å². The predicted molar refractivity (Wildman–Crippen MR) is 94.6 cm³/mol. The molecule has 0 aliphatic heterocycles. The van der Waals surface area contributed by atoms with Gasteiger partial charge in [-0.1, -0.05) is 32.9 Å². The summed E-state index contributed by atoms with van der Waals surface area (Å²) in [4.78, 5) is 2.47. The monoisotopic (exact) mass is 303 g/mol. The Kier molecular flexibility index (Phi) is 4.91. The summed E-state index contributed by atoms with van der Waals surface area (Å²) < 4.78 is 6.10. The van der Waals surface area contributed by atoms with E-state index in [1.165, 1.54) is 5.56 Å². The van der Waals surface area contributed by atoms with Crippen LogP contribution in [0, 0.1) is 5.41 Å². The molecule has 1 aliphatic rings. The molecule has 2 heteroatoms. The highest BCUT2D eigenvalue weighted by Crippen LogP contribution is 2.32. The summed E-state index contributed by atoms with van der Waals surface area (Å²) >= 11 is 0. The first kappa shape index (κ1) is 17.3. The number of hydrogen-bond acceptors (Lipinski definition) is 2. The van der Waals surface area contributed by atoms with E-state index in [-0.39, 0.29) is 5.54 Å². The van der Waals surface area contributed by atoms with E-state index in [0.717, 1.165) is 25.0 Å². The van der Waals surface area contributed by atoms with E-state index in [1.54, 1.807) is 0 Å². The molecule has 0 atom stereocenters. The summed E-state index contributed by atoms with van der Waals surface area (Å²) in [6.45, 7) is 13.6. The molecule has 1 fully saturated rings. The molecular formula is C20H33NO. The first-order valence-corrected chi connectivity index (χ1v) is 8.53. The number of rotatable bonds is 4. The van der Waals surface area contributed by atoms with Crippen LogP contribution in [0.3, 0.4) is 0 Å². The Morgan fingerprint density at radius 2 is 1.55 bits per heavy atom. The van der Waals surface area contributed by atoms with Crippen LogP contribution in [0.4, 0.5) is 0 Å². The van der Waals surface area contributed by atoms with Crippen molar-refractivity contribution in [3.63, 3.8) is 0 Å². The summed E-state index contributed by atoms with van der Waals surface area (Å²) in [5.74, 6) is 1.01. The summed E-state index contributed by atoms with van der Waals surface area (Å²) in [6.07, 6.45) is 3.76. The third kappa shape index (κ3) is 4.74. The lowest BCUT2D eigenvalue weighted by Gasteiger charge is -2.46. The van der Waals surface area contributed by atoms with Crippen LogP contribution in [0.15, 0.2) is 24.3 Å². The molecule has 0 unspecified atom stereocenters. The van der Waals surface area contributed by atoms with E-state index in [4.69, 9.17) is 4.74 Å². The van der Waals surface area contributed by atoms with E-state index in [2.05, 4.69) is 77.8 Å². The van der Waals surface area contributed by atoms with Gasteiger partial charge in [0.1, 0.15) is 11.9 Å². The lowest BCUT2D eigenvalue weighted by atomic mass is 9.85. The van der Waals surface area contributed by atoms with E-state index in [1.807, 2.05) is 0 Å². The molecule has 2 rings (SSSR count). The molecule has 0 bridgehead atoms. The fourth-order valence-corrected chi connectivity index (χ4v) is 2.99. The van der Waals surface area contributed by atoms with Gasteiger partial charge in [-0.15, -0.1) is 0 Å². The average molecular weight is 303 g/mol. The van der Waals surface area contributed by atoms with E-state index >= 15 is 0 Å². The number of hydrogen-bond donors (Lipinski definition) is 0. The molecule has 0 saturated heterocycles. The quantitative estimate of drug-likeness (QED) is 0.783. The minimum Gasteiger partial charge on any atom is -0.490 e. The van der Waals surface area contributed by atoms with Crippen molar-refractivity contribution < 1.29 is 4.74 Å². The van der Waals surface area contributed by atoms with Crippen molar-refractivity contribution in [1.82, 2.24) is 4.90 Å². The Morgan fingerprint density at radius 1 is 1.00 bits per heavy atom. The molecule has 124 valence electrons. The second-order valence-corrected chi connectivity index (χ2v) is 9.03. The van der Waals surface area contributed by atoms with Crippen molar-refractivity contribution in [2.75, 3.05) is 7.05 Å². The van der Waals surface area contributed by atoms with Gasteiger partial charge in [-0.05, 0) is 57.4 Å². The Bertz CT molecular complexity index is 472. The van der Waals surface area contributed by atoms with E-state index < -0.39 is 0 Å². The summed E-state index contributed by atoms with van der Waals surface area (Å²) in [5.41, 5.74) is 1.96. The minimum absolute atomic E-state index is 0.240. The van der Waals surface area contributed by atoms with Crippen LogP contribution in [0.5, 0.6) is 5.75 Å². The third-order valence-corrected chi connectivity index (χ3v) is 4.64. The topological polar surface area (TPSA) is 12.5 Å².